The normalized spacial score (nSPS) is 13.8. The third kappa shape index (κ3) is 9.72. The Hall–Kier alpha value is -0.820. The summed E-state index contributed by atoms with van der Waals surface area (Å²) >= 11 is 6.07. The van der Waals surface area contributed by atoms with Crippen molar-refractivity contribution < 1.29 is 0 Å². The molecule has 0 aromatic rings. The number of alkyl halides is 1. The summed E-state index contributed by atoms with van der Waals surface area (Å²) in [6.45, 7) is 15.1. The van der Waals surface area contributed by atoms with Gasteiger partial charge < -0.3 is 0 Å². The molecule has 1 atom stereocenters. The van der Waals surface area contributed by atoms with E-state index in [1.165, 1.54) is 0 Å². The van der Waals surface area contributed by atoms with Crippen LogP contribution in [0.5, 0.6) is 0 Å². The Kier molecular flexibility index (Phi) is 10.6. The van der Waals surface area contributed by atoms with Gasteiger partial charge >= 0.3 is 0 Å². The van der Waals surface area contributed by atoms with Crippen molar-refractivity contribution in [2.24, 2.45) is 4.99 Å². The Morgan fingerprint density at radius 2 is 1.95 bits per heavy atom. The predicted octanol–water partition coefficient (Wildman–Crippen LogP) is 5.71. The molecule has 1 nitrogen and oxygen atoms in total. The van der Waals surface area contributed by atoms with Gasteiger partial charge in [0.25, 0.3) is 0 Å². The second-order valence-electron chi connectivity index (χ2n) is 4.81. The lowest BCUT2D eigenvalue weighted by Crippen LogP contribution is -1.97. The fourth-order valence-electron chi connectivity index (χ4n) is 1.66. The van der Waals surface area contributed by atoms with Crippen LogP contribution < -0.4 is 0 Å². The van der Waals surface area contributed by atoms with Gasteiger partial charge in [0.05, 0.1) is 0 Å². The fourth-order valence-corrected chi connectivity index (χ4v) is 1.78. The summed E-state index contributed by atoms with van der Waals surface area (Å²) in [4.78, 5) is 4.36. The number of halogens is 1. The summed E-state index contributed by atoms with van der Waals surface area (Å²) in [5, 5.41) is 0.297. The van der Waals surface area contributed by atoms with E-state index in [1.54, 1.807) is 0 Å². The highest BCUT2D eigenvalue weighted by atomic mass is 35.5. The van der Waals surface area contributed by atoms with E-state index < -0.39 is 0 Å². The van der Waals surface area contributed by atoms with Crippen LogP contribution in [0, 0.1) is 0 Å². The SMILES string of the molecule is C=C(C=CCCC(Cl)CC)CCC(=C)C(C)=NCC. The molecular weight excluding hydrogens is 254 g/mol. The van der Waals surface area contributed by atoms with Gasteiger partial charge in [-0.05, 0) is 51.5 Å². The highest BCUT2D eigenvalue weighted by molar-refractivity contribution is 6.20. The molecule has 1 unspecified atom stereocenters. The van der Waals surface area contributed by atoms with Crippen molar-refractivity contribution in [2.75, 3.05) is 6.54 Å². The van der Waals surface area contributed by atoms with E-state index in [1.807, 2.05) is 13.8 Å². The number of rotatable bonds is 10. The molecule has 0 bridgehead atoms. The van der Waals surface area contributed by atoms with Crippen LogP contribution in [0.15, 0.2) is 41.4 Å². The lowest BCUT2D eigenvalue weighted by Gasteiger charge is -2.05. The second kappa shape index (κ2) is 11.0. The maximum atomic E-state index is 6.07. The van der Waals surface area contributed by atoms with Gasteiger partial charge in [0.1, 0.15) is 0 Å². The summed E-state index contributed by atoms with van der Waals surface area (Å²) in [5.41, 5.74) is 3.32. The number of nitrogens with zero attached hydrogens (tertiary/aromatic N) is 1. The molecule has 0 saturated carbocycles. The van der Waals surface area contributed by atoms with Crippen molar-refractivity contribution in [1.29, 1.82) is 0 Å². The Balaban J connectivity index is 3.90. The van der Waals surface area contributed by atoms with E-state index in [2.05, 4.69) is 37.2 Å². The minimum absolute atomic E-state index is 0.297. The van der Waals surface area contributed by atoms with Crippen LogP contribution in [-0.2, 0) is 0 Å². The summed E-state index contributed by atoms with van der Waals surface area (Å²) < 4.78 is 0. The zero-order valence-corrected chi connectivity index (χ0v) is 13.5. The number of allylic oxidation sites excluding steroid dienone is 4. The molecule has 19 heavy (non-hydrogen) atoms. The molecule has 0 saturated heterocycles. The van der Waals surface area contributed by atoms with Crippen LogP contribution in [0.4, 0.5) is 0 Å². The molecule has 0 aliphatic carbocycles. The van der Waals surface area contributed by atoms with E-state index >= 15 is 0 Å². The Morgan fingerprint density at radius 1 is 1.26 bits per heavy atom. The molecule has 0 heterocycles. The fraction of sp³-hybridized carbons (Fsp3) is 0.588. The summed E-state index contributed by atoms with van der Waals surface area (Å²) in [5.74, 6) is 0. The predicted molar refractivity (Wildman–Crippen MR) is 89.5 cm³/mol. The molecule has 2 heteroatoms. The Morgan fingerprint density at radius 3 is 2.53 bits per heavy atom. The van der Waals surface area contributed by atoms with Crippen LogP contribution in [0.1, 0.15) is 52.9 Å². The van der Waals surface area contributed by atoms with E-state index in [0.29, 0.717) is 5.38 Å². The second-order valence-corrected chi connectivity index (χ2v) is 5.42. The first-order valence-electron chi connectivity index (χ1n) is 7.18. The zero-order chi connectivity index (χ0) is 14.7. The van der Waals surface area contributed by atoms with Crippen LogP contribution in [0.3, 0.4) is 0 Å². The first kappa shape index (κ1) is 18.2. The van der Waals surface area contributed by atoms with Crippen molar-refractivity contribution in [3.05, 3.63) is 36.5 Å². The minimum Gasteiger partial charge on any atom is -0.290 e. The molecule has 0 fully saturated rings. The third-order valence-corrected chi connectivity index (χ3v) is 3.62. The van der Waals surface area contributed by atoms with E-state index in [-0.39, 0.29) is 0 Å². The monoisotopic (exact) mass is 281 g/mol. The molecule has 0 aromatic carbocycles. The Bertz CT molecular complexity index is 339. The van der Waals surface area contributed by atoms with Gasteiger partial charge in [-0.2, -0.15) is 0 Å². The minimum atomic E-state index is 0.297. The molecule has 0 aromatic heterocycles. The molecule has 0 aliphatic rings. The number of aliphatic imine (C=N–C) groups is 1. The number of hydrogen-bond acceptors (Lipinski definition) is 1. The van der Waals surface area contributed by atoms with Gasteiger partial charge in [-0.1, -0.05) is 37.8 Å². The average molecular weight is 282 g/mol. The topological polar surface area (TPSA) is 12.4 Å². The smallest absolute Gasteiger partial charge is 0.0364 e. The van der Waals surface area contributed by atoms with Gasteiger partial charge in [0.2, 0.25) is 0 Å². The molecule has 0 spiro atoms. The summed E-state index contributed by atoms with van der Waals surface area (Å²) in [6.07, 6.45) is 9.26. The van der Waals surface area contributed by atoms with E-state index in [0.717, 1.165) is 55.5 Å². The van der Waals surface area contributed by atoms with Gasteiger partial charge in [0, 0.05) is 17.6 Å². The van der Waals surface area contributed by atoms with Crippen LogP contribution in [-0.4, -0.2) is 17.6 Å². The van der Waals surface area contributed by atoms with Crippen LogP contribution in [0.2, 0.25) is 0 Å². The first-order chi connectivity index (χ1) is 9.01. The van der Waals surface area contributed by atoms with Gasteiger partial charge in [0.15, 0.2) is 0 Å². The van der Waals surface area contributed by atoms with Crippen molar-refractivity contribution in [3.8, 4) is 0 Å². The van der Waals surface area contributed by atoms with E-state index in [9.17, 15) is 0 Å². The molecule has 0 radical (unpaired) electrons. The Labute approximate surface area is 124 Å². The highest BCUT2D eigenvalue weighted by Crippen LogP contribution is 2.13. The van der Waals surface area contributed by atoms with Gasteiger partial charge in [-0.3, -0.25) is 4.99 Å². The summed E-state index contributed by atoms with van der Waals surface area (Å²) in [6, 6.07) is 0. The molecule has 0 aliphatic heterocycles. The van der Waals surface area contributed by atoms with Crippen LogP contribution in [0.25, 0.3) is 0 Å². The van der Waals surface area contributed by atoms with Crippen molar-refractivity contribution in [3.63, 3.8) is 0 Å². The molecular formula is C17H28ClN. The van der Waals surface area contributed by atoms with Crippen molar-refractivity contribution in [2.45, 2.75) is 58.3 Å². The summed E-state index contributed by atoms with van der Waals surface area (Å²) in [7, 11) is 0. The molecule has 108 valence electrons. The maximum absolute atomic E-state index is 6.07. The molecule has 0 amide bonds. The van der Waals surface area contributed by atoms with Crippen molar-refractivity contribution in [1.82, 2.24) is 0 Å². The maximum Gasteiger partial charge on any atom is 0.0364 e. The van der Waals surface area contributed by atoms with Gasteiger partial charge in [-0.25, -0.2) is 0 Å². The lowest BCUT2D eigenvalue weighted by atomic mass is 10.0. The number of hydrogen-bond donors (Lipinski definition) is 0. The van der Waals surface area contributed by atoms with Gasteiger partial charge in [-0.15, -0.1) is 11.6 Å². The molecule has 0 N–H and O–H groups in total. The molecule has 0 rings (SSSR count). The quantitative estimate of drug-likeness (QED) is 0.276. The van der Waals surface area contributed by atoms with Crippen LogP contribution >= 0.6 is 11.6 Å². The third-order valence-electron chi connectivity index (χ3n) is 3.10. The van der Waals surface area contributed by atoms with Crippen molar-refractivity contribution >= 4 is 17.3 Å². The largest absolute Gasteiger partial charge is 0.290 e. The first-order valence-corrected chi connectivity index (χ1v) is 7.62. The lowest BCUT2D eigenvalue weighted by molar-refractivity contribution is 0.738. The average Bonchev–Trinajstić information content (AvgIpc) is 2.40. The standard InChI is InChI=1S/C17H28ClN/c1-6-17(18)11-9-8-10-14(3)12-13-15(4)16(5)19-7-2/h8,10,17H,3-4,6-7,9,11-13H2,1-2,5H3. The highest BCUT2D eigenvalue weighted by Gasteiger charge is 2.00. The van der Waals surface area contributed by atoms with E-state index in [4.69, 9.17) is 11.6 Å². The zero-order valence-electron chi connectivity index (χ0n) is 12.7.